The second kappa shape index (κ2) is 5.70. The molecule has 1 aromatic carbocycles. The summed E-state index contributed by atoms with van der Waals surface area (Å²) in [5, 5.41) is 1.19. The van der Waals surface area contributed by atoms with Crippen molar-refractivity contribution in [2.75, 3.05) is 26.9 Å². The van der Waals surface area contributed by atoms with Crippen LogP contribution in [0.4, 0.5) is 0 Å². The van der Waals surface area contributed by atoms with Crippen LogP contribution in [0.1, 0.15) is 5.56 Å². The van der Waals surface area contributed by atoms with Crippen LogP contribution in [0.25, 0.3) is 10.9 Å². The van der Waals surface area contributed by atoms with Crippen LogP contribution in [-0.2, 0) is 11.2 Å². The van der Waals surface area contributed by atoms with Gasteiger partial charge in [0, 0.05) is 24.2 Å². The molecule has 0 aliphatic rings. The van der Waals surface area contributed by atoms with E-state index in [1.165, 1.54) is 10.9 Å². The zero-order chi connectivity index (χ0) is 12.1. The van der Waals surface area contributed by atoms with Gasteiger partial charge in [-0.3, -0.25) is 0 Å². The van der Waals surface area contributed by atoms with E-state index < -0.39 is 0 Å². The molecule has 0 saturated carbocycles. The maximum absolute atomic E-state index is 5.59. The second-order valence-corrected chi connectivity index (χ2v) is 3.90. The van der Waals surface area contributed by atoms with Crippen molar-refractivity contribution in [1.82, 2.24) is 4.98 Å². The average Bonchev–Trinajstić information content (AvgIpc) is 2.73. The molecule has 0 fully saturated rings. The molecule has 0 aliphatic heterocycles. The summed E-state index contributed by atoms with van der Waals surface area (Å²) in [4.78, 5) is 3.23. The minimum atomic E-state index is 0.568. The van der Waals surface area contributed by atoms with Crippen LogP contribution in [-0.4, -0.2) is 31.9 Å². The Labute approximate surface area is 101 Å². The van der Waals surface area contributed by atoms with E-state index in [9.17, 15) is 0 Å². The molecule has 0 bridgehead atoms. The molecule has 1 aromatic heterocycles. The highest BCUT2D eigenvalue weighted by Crippen LogP contribution is 2.23. The van der Waals surface area contributed by atoms with Crippen molar-refractivity contribution in [2.24, 2.45) is 5.73 Å². The summed E-state index contributed by atoms with van der Waals surface area (Å²) in [7, 11) is 1.66. The van der Waals surface area contributed by atoms with Gasteiger partial charge in [0.15, 0.2) is 0 Å². The first-order valence-electron chi connectivity index (χ1n) is 5.77. The van der Waals surface area contributed by atoms with Crippen molar-refractivity contribution in [1.29, 1.82) is 0 Å². The lowest BCUT2D eigenvalue weighted by Gasteiger charge is -2.05. The fraction of sp³-hybridized carbons (Fsp3) is 0.385. The molecule has 2 aromatic rings. The first-order chi connectivity index (χ1) is 8.35. The number of benzene rings is 1. The van der Waals surface area contributed by atoms with Crippen molar-refractivity contribution >= 4 is 10.9 Å². The summed E-state index contributed by atoms with van der Waals surface area (Å²) in [5.74, 6) is 0.868. The molecule has 0 amide bonds. The highest BCUT2D eigenvalue weighted by Gasteiger charge is 2.04. The maximum Gasteiger partial charge on any atom is 0.120 e. The summed E-state index contributed by atoms with van der Waals surface area (Å²) in [6, 6.07) is 6.03. The molecule has 92 valence electrons. The number of nitrogens with one attached hydrogen (secondary N) is 1. The first kappa shape index (κ1) is 12.0. The standard InChI is InChI=1S/C13H18N2O2/c1-16-6-7-17-11-2-3-13-12(8-11)10(4-5-14)9-15-13/h2-3,8-9,15H,4-7,14H2,1H3. The molecule has 17 heavy (non-hydrogen) atoms. The van der Waals surface area contributed by atoms with E-state index in [-0.39, 0.29) is 0 Å². The van der Waals surface area contributed by atoms with E-state index in [1.807, 2.05) is 24.4 Å². The topological polar surface area (TPSA) is 60.3 Å². The zero-order valence-electron chi connectivity index (χ0n) is 10.0. The number of nitrogens with two attached hydrogens (primary N) is 1. The third-order valence-corrected chi connectivity index (χ3v) is 2.71. The Morgan fingerprint density at radius 1 is 1.29 bits per heavy atom. The number of H-pyrrole nitrogens is 1. The van der Waals surface area contributed by atoms with Gasteiger partial charge in [-0.25, -0.2) is 0 Å². The normalized spacial score (nSPS) is 10.9. The lowest BCUT2D eigenvalue weighted by atomic mass is 10.1. The van der Waals surface area contributed by atoms with E-state index in [1.54, 1.807) is 7.11 Å². The molecule has 0 aliphatic carbocycles. The summed E-state index contributed by atoms with van der Waals surface area (Å²) < 4.78 is 10.5. The highest BCUT2D eigenvalue weighted by atomic mass is 16.5. The Hall–Kier alpha value is -1.52. The number of hydrogen-bond donors (Lipinski definition) is 2. The van der Waals surface area contributed by atoms with Crippen LogP contribution >= 0.6 is 0 Å². The molecule has 0 saturated heterocycles. The van der Waals surface area contributed by atoms with Crippen LogP contribution in [0.2, 0.25) is 0 Å². The zero-order valence-corrected chi connectivity index (χ0v) is 10.0. The van der Waals surface area contributed by atoms with Gasteiger partial charge >= 0.3 is 0 Å². The Bertz CT molecular complexity index is 479. The molecule has 0 radical (unpaired) electrons. The summed E-state index contributed by atoms with van der Waals surface area (Å²) in [5.41, 5.74) is 7.94. The van der Waals surface area contributed by atoms with Gasteiger partial charge in [-0.15, -0.1) is 0 Å². The number of rotatable bonds is 6. The van der Waals surface area contributed by atoms with Gasteiger partial charge in [-0.05, 0) is 36.7 Å². The molecule has 3 N–H and O–H groups in total. The number of aromatic amines is 1. The SMILES string of the molecule is COCCOc1ccc2[nH]cc(CCN)c2c1. The Morgan fingerprint density at radius 2 is 2.18 bits per heavy atom. The van der Waals surface area contributed by atoms with Gasteiger partial charge in [0.25, 0.3) is 0 Å². The summed E-state index contributed by atoms with van der Waals surface area (Å²) in [6.07, 6.45) is 2.89. The van der Waals surface area contributed by atoms with Gasteiger partial charge in [0.2, 0.25) is 0 Å². The lowest BCUT2D eigenvalue weighted by molar-refractivity contribution is 0.146. The van der Waals surface area contributed by atoms with Crippen LogP contribution < -0.4 is 10.5 Å². The number of hydrogen-bond acceptors (Lipinski definition) is 3. The van der Waals surface area contributed by atoms with Crippen LogP contribution in [0.5, 0.6) is 5.75 Å². The molecule has 0 atom stereocenters. The predicted octanol–water partition coefficient (Wildman–Crippen LogP) is 1.69. The third-order valence-electron chi connectivity index (χ3n) is 2.71. The summed E-state index contributed by atoms with van der Waals surface area (Å²) >= 11 is 0. The van der Waals surface area contributed by atoms with Crippen LogP contribution in [0.3, 0.4) is 0 Å². The molecule has 0 spiro atoms. The van der Waals surface area contributed by atoms with Gasteiger partial charge in [0.1, 0.15) is 12.4 Å². The Balaban J connectivity index is 2.18. The molecule has 0 unspecified atom stereocenters. The van der Waals surface area contributed by atoms with E-state index in [0.717, 1.165) is 17.7 Å². The van der Waals surface area contributed by atoms with E-state index >= 15 is 0 Å². The van der Waals surface area contributed by atoms with E-state index in [0.29, 0.717) is 19.8 Å². The van der Waals surface area contributed by atoms with Crippen molar-refractivity contribution < 1.29 is 9.47 Å². The quantitative estimate of drug-likeness (QED) is 0.748. The van der Waals surface area contributed by atoms with Gasteiger partial charge in [-0.1, -0.05) is 0 Å². The minimum absolute atomic E-state index is 0.568. The number of ether oxygens (including phenoxy) is 2. The van der Waals surface area contributed by atoms with Gasteiger partial charge in [0.05, 0.1) is 6.61 Å². The Morgan fingerprint density at radius 3 is 2.94 bits per heavy atom. The average molecular weight is 234 g/mol. The molecular formula is C13H18N2O2. The number of methoxy groups -OCH3 is 1. The molecule has 4 heteroatoms. The minimum Gasteiger partial charge on any atom is -0.491 e. The summed E-state index contributed by atoms with van der Waals surface area (Å²) in [6.45, 7) is 1.82. The highest BCUT2D eigenvalue weighted by molar-refractivity contribution is 5.84. The molecule has 2 rings (SSSR count). The maximum atomic E-state index is 5.59. The first-order valence-corrected chi connectivity index (χ1v) is 5.77. The molecule has 1 heterocycles. The van der Waals surface area contributed by atoms with Crippen molar-refractivity contribution in [3.8, 4) is 5.75 Å². The van der Waals surface area contributed by atoms with Crippen LogP contribution in [0, 0.1) is 0 Å². The van der Waals surface area contributed by atoms with Crippen molar-refractivity contribution in [3.05, 3.63) is 30.0 Å². The fourth-order valence-electron chi connectivity index (χ4n) is 1.85. The Kier molecular flexibility index (Phi) is 4.01. The van der Waals surface area contributed by atoms with E-state index in [4.69, 9.17) is 15.2 Å². The van der Waals surface area contributed by atoms with Gasteiger partial charge < -0.3 is 20.2 Å². The number of aromatic nitrogens is 1. The van der Waals surface area contributed by atoms with E-state index in [2.05, 4.69) is 4.98 Å². The van der Waals surface area contributed by atoms with Crippen LogP contribution in [0.15, 0.2) is 24.4 Å². The second-order valence-electron chi connectivity index (χ2n) is 3.90. The molecular weight excluding hydrogens is 216 g/mol. The lowest BCUT2D eigenvalue weighted by Crippen LogP contribution is -2.04. The van der Waals surface area contributed by atoms with Gasteiger partial charge in [-0.2, -0.15) is 0 Å². The van der Waals surface area contributed by atoms with Crippen molar-refractivity contribution in [3.63, 3.8) is 0 Å². The monoisotopic (exact) mass is 234 g/mol. The molecule has 4 nitrogen and oxygen atoms in total. The number of fused-ring (bicyclic) bond motifs is 1. The fourth-order valence-corrected chi connectivity index (χ4v) is 1.85. The van der Waals surface area contributed by atoms with Crippen molar-refractivity contribution in [2.45, 2.75) is 6.42 Å². The third kappa shape index (κ3) is 2.78. The largest absolute Gasteiger partial charge is 0.491 e. The predicted molar refractivity (Wildman–Crippen MR) is 68.4 cm³/mol. The smallest absolute Gasteiger partial charge is 0.120 e.